The predicted octanol–water partition coefficient (Wildman–Crippen LogP) is 6.66. The summed E-state index contributed by atoms with van der Waals surface area (Å²) in [5, 5.41) is 11.8. The Bertz CT molecular complexity index is 1030. The molecular formula is C23H26ClFN4S. The molecule has 1 atom stereocenters. The van der Waals surface area contributed by atoms with Crippen LogP contribution in [0.1, 0.15) is 48.7 Å². The number of hydrogen-bond donors (Lipinski definition) is 2. The van der Waals surface area contributed by atoms with Crippen molar-refractivity contribution in [1.82, 2.24) is 9.78 Å². The Morgan fingerprint density at radius 1 is 1.17 bits per heavy atom. The summed E-state index contributed by atoms with van der Waals surface area (Å²) < 4.78 is 15.9. The van der Waals surface area contributed by atoms with Crippen LogP contribution in [0, 0.1) is 19.7 Å². The Balaban J connectivity index is 1.72. The Kier molecular flexibility index (Phi) is 7.10. The first-order chi connectivity index (χ1) is 14.3. The van der Waals surface area contributed by atoms with E-state index in [-0.39, 0.29) is 12.4 Å². The van der Waals surface area contributed by atoms with Gasteiger partial charge in [-0.1, -0.05) is 43.6 Å². The maximum absolute atomic E-state index is 14.2. The highest BCUT2D eigenvalue weighted by molar-refractivity contribution is 7.80. The number of nitrogens with zero attached hydrogens (tertiary/aromatic N) is 2. The van der Waals surface area contributed by atoms with Gasteiger partial charge in [0.05, 0.1) is 23.6 Å². The number of halogens is 2. The van der Waals surface area contributed by atoms with Crippen molar-refractivity contribution in [2.24, 2.45) is 0 Å². The van der Waals surface area contributed by atoms with Gasteiger partial charge in [-0.3, -0.25) is 4.68 Å². The highest BCUT2D eigenvalue weighted by Crippen LogP contribution is 2.25. The number of aryl methyl sites for hydroxylation is 1. The first-order valence-electron chi connectivity index (χ1n) is 9.95. The van der Waals surface area contributed by atoms with Gasteiger partial charge in [0.15, 0.2) is 5.11 Å². The van der Waals surface area contributed by atoms with Gasteiger partial charge in [0.25, 0.3) is 0 Å². The van der Waals surface area contributed by atoms with E-state index in [1.165, 1.54) is 11.6 Å². The molecule has 0 amide bonds. The minimum atomic E-state index is -0.345. The second kappa shape index (κ2) is 9.58. The minimum Gasteiger partial charge on any atom is -0.332 e. The number of hydrogen-bond acceptors (Lipinski definition) is 2. The average Bonchev–Trinajstić information content (AvgIpc) is 2.98. The lowest BCUT2D eigenvalue weighted by atomic mass is 9.99. The van der Waals surface area contributed by atoms with Crippen molar-refractivity contribution in [3.8, 4) is 0 Å². The van der Waals surface area contributed by atoms with E-state index in [1.54, 1.807) is 16.8 Å². The lowest BCUT2D eigenvalue weighted by Crippen LogP contribution is -2.20. The summed E-state index contributed by atoms with van der Waals surface area (Å²) in [6, 6.07) is 13.0. The summed E-state index contributed by atoms with van der Waals surface area (Å²) in [6.45, 7) is 8.45. The Morgan fingerprint density at radius 2 is 1.87 bits per heavy atom. The average molecular weight is 445 g/mol. The van der Waals surface area contributed by atoms with E-state index in [9.17, 15) is 4.39 Å². The van der Waals surface area contributed by atoms with Crippen molar-refractivity contribution in [1.29, 1.82) is 0 Å². The molecule has 0 bridgehead atoms. The van der Waals surface area contributed by atoms with Crippen LogP contribution in [0.3, 0.4) is 0 Å². The zero-order chi connectivity index (χ0) is 21.8. The monoisotopic (exact) mass is 444 g/mol. The molecular weight excluding hydrogens is 419 g/mol. The second-order valence-corrected chi connectivity index (χ2v) is 8.23. The third-order valence-corrected chi connectivity index (χ3v) is 5.90. The summed E-state index contributed by atoms with van der Waals surface area (Å²) in [5.74, 6) is 0.186. The fourth-order valence-electron chi connectivity index (χ4n) is 3.27. The van der Waals surface area contributed by atoms with Crippen LogP contribution in [0.2, 0.25) is 5.02 Å². The molecule has 0 aliphatic rings. The van der Waals surface area contributed by atoms with Crippen molar-refractivity contribution >= 4 is 40.3 Å². The fourth-order valence-corrected chi connectivity index (χ4v) is 3.71. The van der Waals surface area contributed by atoms with Crippen LogP contribution < -0.4 is 10.6 Å². The summed E-state index contributed by atoms with van der Waals surface area (Å²) in [4.78, 5) is 0. The van der Waals surface area contributed by atoms with E-state index in [0.717, 1.165) is 29.2 Å². The van der Waals surface area contributed by atoms with Crippen LogP contribution in [0.5, 0.6) is 0 Å². The lowest BCUT2D eigenvalue weighted by molar-refractivity contribution is 0.579. The van der Waals surface area contributed by atoms with E-state index >= 15 is 0 Å². The van der Waals surface area contributed by atoms with Gasteiger partial charge in [-0.05, 0) is 68.2 Å². The molecule has 1 aromatic heterocycles. The molecule has 158 valence electrons. The number of benzene rings is 2. The third-order valence-electron chi connectivity index (χ3n) is 5.34. The topological polar surface area (TPSA) is 41.9 Å². The summed E-state index contributed by atoms with van der Waals surface area (Å²) in [7, 11) is 0. The van der Waals surface area contributed by atoms with Crippen molar-refractivity contribution < 1.29 is 4.39 Å². The molecule has 1 heterocycles. The smallest absolute Gasteiger partial charge is 0.175 e. The van der Waals surface area contributed by atoms with Crippen molar-refractivity contribution in [2.45, 2.75) is 46.6 Å². The molecule has 0 unspecified atom stereocenters. The van der Waals surface area contributed by atoms with Gasteiger partial charge in [0.2, 0.25) is 0 Å². The van der Waals surface area contributed by atoms with E-state index in [2.05, 4.69) is 41.7 Å². The lowest BCUT2D eigenvalue weighted by Gasteiger charge is -2.13. The number of nitrogens with one attached hydrogen (secondary N) is 2. The van der Waals surface area contributed by atoms with Gasteiger partial charge < -0.3 is 10.6 Å². The van der Waals surface area contributed by atoms with Crippen LogP contribution in [0.4, 0.5) is 15.8 Å². The van der Waals surface area contributed by atoms with Crippen LogP contribution in [0.15, 0.2) is 42.5 Å². The third kappa shape index (κ3) is 4.99. The second-order valence-electron chi connectivity index (χ2n) is 7.41. The molecule has 0 radical (unpaired) electrons. The number of rotatable bonds is 6. The van der Waals surface area contributed by atoms with Crippen LogP contribution in [0.25, 0.3) is 0 Å². The molecule has 3 rings (SSSR count). The zero-order valence-corrected chi connectivity index (χ0v) is 19.2. The maximum Gasteiger partial charge on any atom is 0.175 e. The summed E-state index contributed by atoms with van der Waals surface area (Å²) in [5.41, 5.74) is 5.07. The minimum absolute atomic E-state index is 0.247. The molecule has 30 heavy (non-hydrogen) atoms. The molecule has 2 N–H and O–H groups in total. The highest BCUT2D eigenvalue weighted by atomic mass is 35.5. The molecule has 2 aromatic carbocycles. The number of aromatic nitrogens is 2. The van der Waals surface area contributed by atoms with Crippen LogP contribution in [-0.2, 0) is 6.54 Å². The summed E-state index contributed by atoms with van der Waals surface area (Å²) in [6.07, 6.45) is 1.10. The van der Waals surface area contributed by atoms with Crippen molar-refractivity contribution in [3.05, 3.63) is 75.8 Å². The normalized spacial score (nSPS) is 11.9. The molecule has 3 aromatic rings. The first-order valence-corrected chi connectivity index (χ1v) is 10.7. The molecule has 0 saturated heterocycles. The molecule has 0 aliphatic carbocycles. The van der Waals surface area contributed by atoms with E-state index in [0.29, 0.717) is 21.6 Å². The quantitative estimate of drug-likeness (QED) is 0.417. The molecule has 4 nitrogen and oxygen atoms in total. The predicted molar refractivity (Wildman–Crippen MR) is 127 cm³/mol. The highest BCUT2D eigenvalue weighted by Gasteiger charge is 2.16. The first kappa shape index (κ1) is 22.2. The molecule has 0 fully saturated rings. The van der Waals surface area contributed by atoms with Gasteiger partial charge in [-0.15, -0.1) is 0 Å². The number of anilines is 2. The van der Waals surface area contributed by atoms with E-state index < -0.39 is 0 Å². The molecule has 0 spiro atoms. The Morgan fingerprint density at radius 3 is 2.50 bits per heavy atom. The Hall–Kier alpha value is -2.44. The van der Waals surface area contributed by atoms with Crippen LogP contribution in [-0.4, -0.2) is 14.9 Å². The van der Waals surface area contributed by atoms with Crippen molar-refractivity contribution in [2.75, 3.05) is 10.6 Å². The van der Waals surface area contributed by atoms with Gasteiger partial charge in [0, 0.05) is 16.3 Å². The molecule has 7 heteroatoms. The van der Waals surface area contributed by atoms with Gasteiger partial charge in [-0.25, -0.2) is 4.39 Å². The molecule has 0 aliphatic heterocycles. The van der Waals surface area contributed by atoms with Gasteiger partial charge >= 0.3 is 0 Å². The van der Waals surface area contributed by atoms with Gasteiger partial charge in [0.1, 0.15) is 5.82 Å². The SMILES string of the molecule is CC[C@H](C)c1ccc(NC(=S)Nc2c(C)nn(Cc3c(F)cccc3Cl)c2C)cc1. The maximum atomic E-state index is 14.2. The van der Waals surface area contributed by atoms with E-state index in [1.807, 2.05) is 26.0 Å². The van der Waals surface area contributed by atoms with Gasteiger partial charge in [-0.2, -0.15) is 5.10 Å². The van der Waals surface area contributed by atoms with Crippen LogP contribution >= 0.6 is 23.8 Å². The Labute approximate surface area is 187 Å². The largest absolute Gasteiger partial charge is 0.332 e. The zero-order valence-electron chi connectivity index (χ0n) is 17.6. The molecule has 0 saturated carbocycles. The summed E-state index contributed by atoms with van der Waals surface area (Å²) >= 11 is 11.6. The van der Waals surface area contributed by atoms with E-state index in [4.69, 9.17) is 23.8 Å². The van der Waals surface area contributed by atoms with Crippen molar-refractivity contribution in [3.63, 3.8) is 0 Å². The number of thiocarbonyl (C=S) groups is 1. The standard InChI is InChI=1S/C23H26ClFN4S/c1-5-14(2)17-9-11-18(12-10-17)26-23(30)27-22-15(3)28-29(16(22)4)13-19-20(24)7-6-8-21(19)25/h6-12,14H,5,13H2,1-4H3,(H2,26,27,30)/t14-/m0/s1. The fraction of sp³-hybridized carbons (Fsp3) is 0.304.